The van der Waals surface area contributed by atoms with Crippen molar-refractivity contribution in [3.8, 4) is 5.75 Å². The maximum Gasteiger partial charge on any atom is 0.251 e. The van der Waals surface area contributed by atoms with Crippen LogP contribution in [0.2, 0.25) is 0 Å². The normalized spacial score (nSPS) is 10.3. The number of carbonyl (C=O) groups is 1. The first-order chi connectivity index (χ1) is 8.58. The Morgan fingerprint density at radius 1 is 1.50 bits per heavy atom. The zero-order chi connectivity index (χ0) is 13.1. The van der Waals surface area contributed by atoms with E-state index in [2.05, 4.69) is 20.3 Å². The number of aryl methyl sites for hydroxylation is 1. The number of amides is 1. The number of rotatable bonds is 3. The van der Waals surface area contributed by atoms with Gasteiger partial charge in [-0.2, -0.15) is 0 Å². The number of hydrogen-bond donors (Lipinski definition) is 2. The molecule has 0 aliphatic carbocycles. The van der Waals surface area contributed by atoms with Crippen LogP contribution in [0.4, 0.5) is 4.39 Å². The summed E-state index contributed by atoms with van der Waals surface area (Å²) in [5, 5.41) is 18.9. The van der Waals surface area contributed by atoms with Crippen LogP contribution in [0.5, 0.6) is 5.75 Å². The predicted molar refractivity (Wildman–Crippen MR) is 58.3 cm³/mol. The third kappa shape index (κ3) is 2.45. The molecule has 1 amide bonds. The van der Waals surface area contributed by atoms with E-state index >= 15 is 0 Å². The first-order valence-electron chi connectivity index (χ1n) is 5.12. The minimum atomic E-state index is -0.775. The molecule has 0 radical (unpaired) electrons. The van der Waals surface area contributed by atoms with E-state index < -0.39 is 17.5 Å². The van der Waals surface area contributed by atoms with Gasteiger partial charge in [-0.25, -0.2) is 9.02 Å². The van der Waals surface area contributed by atoms with E-state index in [0.717, 1.165) is 12.1 Å². The van der Waals surface area contributed by atoms with Gasteiger partial charge in [0.2, 0.25) is 0 Å². The van der Waals surface area contributed by atoms with Crippen LogP contribution in [-0.2, 0) is 6.54 Å². The zero-order valence-electron chi connectivity index (χ0n) is 9.48. The second-order valence-electron chi connectivity index (χ2n) is 3.65. The first kappa shape index (κ1) is 12.0. The Kier molecular flexibility index (Phi) is 3.22. The SMILES string of the molecule is Cc1nonc1CNC(=O)c1ccc(F)c(O)c1. The number of phenols is 1. The van der Waals surface area contributed by atoms with Gasteiger partial charge >= 0.3 is 0 Å². The summed E-state index contributed by atoms with van der Waals surface area (Å²) in [5.74, 6) is -1.79. The van der Waals surface area contributed by atoms with Gasteiger partial charge in [-0.3, -0.25) is 4.79 Å². The summed E-state index contributed by atoms with van der Waals surface area (Å²) in [6.45, 7) is 1.84. The van der Waals surface area contributed by atoms with Crippen LogP contribution >= 0.6 is 0 Å². The number of aromatic nitrogens is 2. The molecule has 0 spiro atoms. The topological polar surface area (TPSA) is 88.3 Å². The molecule has 6 nitrogen and oxygen atoms in total. The molecule has 1 aromatic heterocycles. The van der Waals surface area contributed by atoms with Gasteiger partial charge in [0.05, 0.1) is 6.54 Å². The van der Waals surface area contributed by atoms with Gasteiger partial charge in [0, 0.05) is 5.56 Å². The molecule has 2 N–H and O–H groups in total. The minimum Gasteiger partial charge on any atom is -0.505 e. The Hall–Kier alpha value is -2.44. The first-order valence-corrected chi connectivity index (χ1v) is 5.12. The van der Waals surface area contributed by atoms with E-state index in [0.29, 0.717) is 11.4 Å². The van der Waals surface area contributed by atoms with Gasteiger partial charge in [0.25, 0.3) is 5.91 Å². The molecule has 0 atom stereocenters. The van der Waals surface area contributed by atoms with Crippen LogP contribution in [0, 0.1) is 12.7 Å². The fraction of sp³-hybridized carbons (Fsp3) is 0.182. The molecule has 2 aromatic rings. The summed E-state index contributed by atoms with van der Waals surface area (Å²) in [5.41, 5.74) is 1.25. The highest BCUT2D eigenvalue weighted by molar-refractivity contribution is 5.94. The molecule has 1 heterocycles. The van der Waals surface area contributed by atoms with Gasteiger partial charge in [0.1, 0.15) is 11.4 Å². The number of carbonyl (C=O) groups excluding carboxylic acids is 1. The second-order valence-corrected chi connectivity index (χ2v) is 3.65. The number of aromatic hydroxyl groups is 1. The van der Waals surface area contributed by atoms with E-state index in [9.17, 15) is 9.18 Å². The molecule has 7 heteroatoms. The molecule has 0 fully saturated rings. The summed E-state index contributed by atoms with van der Waals surface area (Å²) in [6.07, 6.45) is 0. The molecule has 0 aliphatic rings. The van der Waals surface area contributed by atoms with Gasteiger partial charge in [-0.1, -0.05) is 10.3 Å². The quantitative estimate of drug-likeness (QED) is 0.854. The molecule has 0 unspecified atom stereocenters. The summed E-state index contributed by atoms with van der Waals surface area (Å²) in [7, 11) is 0. The van der Waals surface area contributed by atoms with Crippen LogP contribution < -0.4 is 5.32 Å². The van der Waals surface area contributed by atoms with Crippen molar-refractivity contribution in [3.05, 3.63) is 41.0 Å². The molecule has 0 saturated heterocycles. The summed E-state index contributed by atoms with van der Waals surface area (Å²) < 4.78 is 17.3. The van der Waals surface area contributed by atoms with Crippen molar-refractivity contribution in [1.82, 2.24) is 15.6 Å². The lowest BCUT2D eigenvalue weighted by Gasteiger charge is -2.04. The van der Waals surface area contributed by atoms with E-state index in [1.165, 1.54) is 6.07 Å². The molecule has 0 aliphatic heterocycles. The van der Waals surface area contributed by atoms with Crippen LogP contribution in [0.1, 0.15) is 21.7 Å². The largest absolute Gasteiger partial charge is 0.505 e. The number of halogens is 1. The van der Waals surface area contributed by atoms with E-state index in [1.54, 1.807) is 6.92 Å². The fourth-order valence-electron chi connectivity index (χ4n) is 1.33. The van der Waals surface area contributed by atoms with Crippen molar-refractivity contribution in [1.29, 1.82) is 0 Å². The third-order valence-electron chi connectivity index (χ3n) is 2.37. The average molecular weight is 251 g/mol. The average Bonchev–Trinajstić information content (AvgIpc) is 2.75. The van der Waals surface area contributed by atoms with E-state index in [-0.39, 0.29) is 12.1 Å². The zero-order valence-corrected chi connectivity index (χ0v) is 9.48. The third-order valence-corrected chi connectivity index (χ3v) is 2.37. The Morgan fingerprint density at radius 2 is 2.28 bits per heavy atom. The molecule has 0 bridgehead atoms. The Labute approximate surface area is 101 Å². The van der Waals surface area contributed by atoms with Gasteiger partial charge in [-0.15, -0.1) is 0 Å². The lowest BCUT2D eigenvalue weighted by Crippen LogP contribution is -2.23. The minimum absolute atomic E-state index is 0.145. The molecular formula is C11H10FN3O3. The number of nitrogens with one attached hydrogen (secondary N) is 1. The Balaban J connectivity index is 2.04. The molecular weight excluding hydrogens is 241 g/mol. The van der Waals surface area contributed by atoms with Crippen molar-refractivity contribution in [2.45, 2.75) is 13.5 Å². The molecule has 0 saturated carbocycles. The summed E-state index contributed by atoms with van der Waals surface area (Å²) in [4.78, 5) is 11.7. The van der Waals surface area contributed by atoms with Gasteiger partial charge in [0.15, 0.2) is 11.6 Å². The lowest BCUT2D eigenvalue weighted by atomic mass is 10.2. The summed E-state index contributed by atoms with van der Waals surface area (Å²) >= 11 is 0. The van der Waals surface area contributed by atoms with Gasteiger partial charge in [-0.05, 0) is 25.1 Å². The lowest BCUT2D eigenvalue weighted by molar-refractivity contribution is 0.0949. The highest BCUT2D eigenvalue weighted by Gasteiger charge is 2.11. The molecule has 94 valence electrons. The van der Waals surface area contributed by atoms with Crippen LogP contribution in [0.3, 0.4) is 0 Å². The van der Waals surface area contributed by atoms with Crippen molar-refractivity contribution in [2.24, 2.45) is 0 Å². The number of benzene rings is 1. The molecule has 18 heavy (non-hydrogen) atoms. The fourth-order valence-corrected chi connectivity index (χ4v) is 1.33. The van der Waals surface area contributed by atoms with Crippen molar-refractivity contribution < 1.29 is 18.9 Å². The van der Waals surface area contributed by atoms with Crippen molar-refractivity contribution in [3.63, 3.8) is 0 Å². The maximum absolute atomic E-state index is 12.8. The Morgan fingerprint density at radius 3 is 2.89 bits per heavy atom. The number of phenolic OH excluding ortho intramolecular Hbond substituents is 1. The highest BCUT2D eigenvalue weighted by atomic mass is 19.1. The van der Waals surface area contributed by atoms with E-state index in [1.807, 2.05) is 0 Å². The standard InChI is InChI=1S/C11H10FN3O3/c1-6-9(15-18-14-6)5-13-11(17)7-2-3-8(12)10(16)4-7/h2-4,16H,5H2,1H3,(H,13,17). The van der Waals surface area contributed by atoms with E-state index in [4.69, 9.17) is 5.11 Å². The number of hydrogen-bond acceptors (Lipinski definition) is 5. The van der Waals surface area contributed by atoms with Gasteiger partial charge < -0.3 is 10.4 Å². The molecule has 2 rings (SSSR count). The van der Waals surface area contributed by atoms with Crippen molar-refractivity contribution in [2.75, 3.05) is 0 Å². The number of nitrogens with zero attached hydrogens (tertiary/aromatic N) is 2. The maximum atomic E-state index is 12.8. The Bertz CT molecular complexity index is 583. The summed E-state index contributed by atoms with van der Waals surface area (Å²) in [6, 6.07) is 3.35. The smallest absolute Gasteiger partial charge is 0.251 e. The second kappa shape index (κ2) is 4.82. The van der Waals surface area contributed by atoms with Crippen molar-refractivity contribution >= 4 is 5.91 Å². The predicted octanol–water partition coefficient (Wildman–Crippen LogP) is 1.15. The molecule has 1 aromatic carbocycles. The van der Waals surface area contributed by atoms with Crippen LogP contribution in [0.15, 0.2) is 22.8 Å². The highest BCUT2D eigenvalue weighted by Crippen LogP contribution is 2.16. The monoisotopic (exact) mass is 251 g/mol. The van der Waals surface area contributed by atoms with Crippen LogP contribution in [0.25, 0.3) is 0 Å². The van der Waals surface area contributed by atoms with Crippen LogP contribution in [-0.4, -0.2) is 21.3 Å².